The third-order valence-electron chi connectivity index (χ3n) is 24.6. The average molecular weight is 1990 g/mol. The number of anilines is 12. The summed E-state index contributed by atoms with van der Waals surface area (Å²) in [5.74, 6) is -3.63. The van der Waals surface area contributed by atoms with Crippen LogP contribution in [-0.4, -0.2) is 174 Å². The van der Waals surface area contributed by atoms with Crippen LogP contribution in [-0.2, 0) is 45.1 Å². The van der Waals surface area contributed by atoms with Crippen LogP contribution in [0.25, 0.3) is 132 Å². The lowest BCUT2D eigenvalue weighted by Crippen LogP contribution is -2.24. The van der Waals surface area contributed by atoms with Gasteiger partial charge >= 0.3 is 6.03 Å². The van der Waals surface area contributed by atoms with Crippen molar-refractivity contribution in [2.75, 3.05) is 80.5 Å². The number of nitrogens with one attached hydrogen (secondary N) is 7. The molecule has 9 atom stereocenters. The highest BCUT2D eigenvalue weighted by molar-refractivity contribution is 6.05. The Hall–Kier alpha value is -18.6. The fourth-order valence-corrected chi connectivity index (χ4v) is 16.0. The smallest absolute Gasteiger partial charge is 0.320 e. The van der Waals surface area contributed by atoms with Gasteiger partial charge in [0.15, 0.2) is 0 Å². The minimum atomic E-state index is -2.91. The number of benzene rings is 2. The quantitative estimate of drug-likeness (QED) is 0.0355. The van der Waals surface area contributed by atoms with Gasteiger partial charge < -0.3 is 71.0 Å². The number of hydrogen-bond donors (Lipinski definition) is 13. The Balaban J connectivity index is 0.000000116. The number of aryl methyl sites for hydroxylation is 5. The van der Waals surface area contributed by atoms with Crippen molar-refractivity contribution in [2.24, 2.45) is 50.7 Å². The van der Waals surface area contributed by atoms with Crippen molar-refractivity contribution in [1.29, 1.82) is 0 Å². The van der Waals surface area contributed by atoms with Crippen molar-refractivity contribution in [3.05, 3.63) is 225 Å². The molecule has 0 spiro atoms. The number of carbonyl (C=O) groups is 6. The Morgan fingerprint density at radius 3 is 0.918 bits per heavy atom. The van der Waals surface area contributed by atoms with Gasteiger partial charge in [-0.05, 0) is 174 Å². The monoisotopic (exact) mass is 1990 g/mol. The van der Waals surface area contributed by atoms with E-state index in [4.69, 9.17) is 39.1 Å². The molecular formula is C102H94F6N32O7. The number of halogens is 6. The molecule has 39 nitrogen and oxygen atoms in total. The van der Waals surface area contributed by atoms with Crippen LogP contribution in [0.4, 0.5) is 101 Å². The highest BCUT2D eigenvalue weighted by atomic mass is 19.3. The van der Waals surface area contributed by atoms with Crippen LogP contribution < -0.4 is 76.4 Å². The number of amides is 7. The average Bonchev–Trinajstić information content (AvgIpc) is 1.73. The highest BCUT2D eigenvalue weighted by Crippen LogP contribution is 2.50. The molecule has 2 aromatic carbocycles. The van der Waals surface area contributed by atoms with Crippen LogP contribution in [0.15, 0.2) is 214 Å². The number of fused-ring (bicyclic) bond motifs is 6. The number of nitrogens with zero attached hydrogens (tertiary/aromatic N) is 19. The van der Waals surface area contributed by atoms with Gasteiger partial charge in [-0.25, -0.2) is 90.9 Å². The standard InChI is InChI=1S/C19H16F2N4O.C19H17FN4O2.C18H16FN5O.2C16H15FN6O.C14H15N7O/c1-10-4-2-3-5-12(10)15-6-11-7-16(23-9-13(11)17(22)24-15)25-18(26)14-8-19(14,20)21;1-26-16-5-3-2-4-11(16)15-6-10-7-17(22-9-13(10)18(21)23-15)24-19(25)12-8-14(12)20;1-9-11(3-2-4-21-9)15-5-10-6-16(22-8-13(10)17(20)23-15)24-18(25)12-7-14(12)19;2*1-23-7-9(5-20-23)13-2-8-3-14(19-6-11(8)15(18)21-13)22-16(24)10-4-12(10)17;1-16-14(22)20-12-4-8-3-11(9-5-18-21(2)7-9)19-13(15)10(8)6-17-12/h2-7,9,14H,8H2,1H3,(H2,22,24)(H,23,25,26);2-7,9,12,14H,8H2,1H3,(H2,21,23)(H,22,24,25);2-6,8,12,14H,7H2,1H3,(H2,20,23)(H,22,24,25);2*2-3,5-7,10,12H,4H2,1H3,(H2,18,21)(H,19,22,24);3-7H,1-2H3,(H2,15,19)(H2,16,17,20,22)/t;2*12-,14+;10?,12-;10-,12-;/m.1101./s1. The summed E-state index contributed by atoms with van der Waals surface area (Å²) in [7, 11) is 8.61. The predicted molar refractivity (Wildman–Crippen MR) is 547 cm³/mol. The number of nitrogens with two attached hydrogens (primary N) is 6. The molecule has 5 fully saturated rings. The summed E-state index contributed by atoms with van der Waals surface area (Å²) >= 11 is 0. The van der Waals surface area contributed by atoms with E-state index < -0.39 is 72.5 Å². The maximum absolute atomic E-state index is 13.0. The van der Waals surface area contributed by atoms with Crippen molar-refractivity contribution in [3.63, 3.8) is 0 Å². The zero-order valence-corrected chi connectivity index (χ0v) is 79.5. The summed E-state index contributed by atoms with van der Waals surface area (Å²) in [6.07, 6.45) is 18.2. The van der Waals surface area contributed by atoms with E-state index in [1.54, 1.807) is 120 Å². The SMILES string of the molecule is CNC(=O)Nc1cc2cc(-c3cnn(C)c3)nc(N)c2cn1.COc1ccccc1-c1cc2cc(NC(=O)[C@@H]3C[C@@H]3F)ncc2c(N)n1.Cc1ccccc1-c1cc2cc(NC(=O)C3CC3(F)F)ncc2c(N)n1.Cc1ncccc1-c1cc2cc(NC(=O)[C@@H]3C[C@@H]3F)ncc2c(N)n1.Cn1cc(-c2cc3cc(NC(=O)C4C[C@@H]4F)ncc3c(N)n2)cn1.Cn1cc(-c2cc3cc(NC(=O)[C@@H]4C[C@H]4F)ncc3c(N)n2)cn1. The molecule has 7 amide bonds. The van der Waals surface area contributed by atoms with Gasteiger partial charge in [0.25, 0.3) is 5.92 Å². The maximum atomic E-state index is 13.0. The lowest BCUT2D eigenvalue weighted by molar-refractivity contribution is -0.120. The number of pyridine rings is 13. The summed E-state index contributed by atoms with van der Waals surface area (Å²) in [5.41, 5.74) is 47.5. The first-order valence-corrected chi connectivity index (χ1v) is 46.0. The summed E-state index contributed by atoms with van der Waals surface area (Å²) in [5, 5.41) is 39.4. The number of aromatic nitrogens is 19. The first-order valence-electron chi connectivity index (χ1n) is 46.0. The Labute approximate surface area is 831 Å². The van der Waals surface area contributed by atoms with Crippen molar-refractivity contribution in [3.8, 4) is 73.3 Å². The predicted octanol–water partition coefficient (Wildman–Crippen LogP) is 15.0. The van der Waals surface area contributed by atoms with Gasteiger partial charge in [-0.1, -0.05) is 36.4 Å². The van der Waals surface area contributed by atoms with Crippen LogP contribution in [0.3, 0.4) is 0 Å². The second kappa shape index (κ2) is 41.1. The molecule has 2 unspecified atom stereocenters. The van der Waals surface area contributed by atoms with Crippen molar-refractivity contribution < 1.29 is 59.8 Å². The second-order valence-corrected chi connectivity index (χ2v) is 35.6. The molecule has 746 valence electrons. The number of ether oxygens (including phenoxy) is 1. The fraction of sp³-hybridized carbons (Fsp3) is 0.216. The van der Waals surface area contributed by atoms with Gasteiger partial charge in [0.1, 0.15) is 106 Å². The first-order chi connectivity index (χ1) is 70.5. The summed E-state index contributed by atoms with van der Waals surface area (Å²) in [4.78, 5) is 126. The number of para-hydroxylation sites is 1. The molecule has 16 heterocycles. The molecule has 0 bridgehead atoms. The van der Waals surface area contributed by atoms with Crippen molar-refractivity contribution in [2.45, 2.75) is 76.6 Å². The zero-order chi connectivity index (χ0) is 104. The molecule has 19 N–H and O–H groups in total. The molecule has 0 aliphatic heterocycles. The molecule has 16 aromatic heterocycles. The number of nitrogen functional groups attached to an aromatic ring is 6. The number of carbonyl (C=O) groups excluding carboxylic acids is 6. The minimum absolute atomic E-state index is 0.214. The molecule has 0 saturated heterocycles. The number of methoxy groups -OCH3 is 1. The highest BCUT2D eigenvalue weighted by Gasteiger charge is 2.61. The van der Waals surface area contributed by atoms with Gasteiger partial charge in [0.05, 0.1) is 83.5 Å². The van der Waals surface area contributed by atoms with Gasteiger partial charge in [0.2, 0.25) is 29.5 Å². The summed E-state index contributed by atoms with van der Waals surface area (Å²) in [6, 6.07) is 40.1. The Morgan fingerprint density at radius 2 is 0.633 bits per heavy atom. The van der Waals surface area contributed by atoms with Crippen LogP contribution in [0, 0.1) is 43.4 Å². The van der Waals surface area contributed by atoms with Gasteiger partial charge in [-0.15, -0.1) is 0 Å². The molecule has 0 radical (unpaired) electrons. The third-order valence-corrected chi connectivity index (χ3v) is 24.6. The van der Waals surface area contributed by atoms with E-state index in [1.165, 1.54) is 6.20 Å². The van der Waals surface area contributed by atoms with E-state index in [9.17, 15) is 55.1 Å². The van der Waals surface area contributed by atoms with Crippen LogP contribution in [0.2, 0.25) is 0 Å². The van der Waals surface area contributed by atoms with E-state index in [0.717, 1.165) is 88.0 Å². The number of urea groups is 1. The fourth-order valence-electron chi connectivity index (χ4n) is 16.0. The summed E-state index contributed by atoms with van der Waals surface area (Å²) in [6.45, 7) is 3.88. The van der Waals surface area contributed by atoms with E-state index in [0.29, 0.717) is 125 Å². The van der Waals surface area contributed by atoms with Gasteiger partial charge in [-0.2, -0.15) is 15.3 Å². The number of rotatable bonds is 18. The molecular weight excluding hydrogens is 1900 g/mol. The third kappa shape index (κ3) is 22.8. The zero-order valence-electron chi connectivity index (χ0n) is 79.5. The molecule has 5 aliphatic rings. The molecule has 5 aliphatic carbocycles. The first kappa shape index (κ1) is 98.6. The molecule has 147 heavy (non-hydrogen) atoms. The van der Waals surface area contributed by atoms with Crippen molar-refractivity contribution >= 4 is 170 Å². The Kier molecular flexibility index (Phi) is 27.6. The molecule has 5 saturated carbocycles. The minimum Gasteiger partial charge on any atom is -0.496 e. The van der Waals surface area contributed by atoms with Gasteiger partial charge in [0, 0.05) is 168 Å². The lowest BCUT2D eigenvalue weighted by atomic mass is 10.0. The number of hydrogen-bond acceptors (Lipinski definition) is 29. The van der Waals surface area contributed by atoms with E-state index in [2.05, 4.69) is 117 Å². The maximum Gasteiger partial charge on any atom is 0.320 e. The van der Waals surface area contributed by atoms with E-state index in [-0.39, 0.29) is 61.2 Å². The molecule has 45 heteroatoms. The van der Waals surface area contributed by atoms with Crippen LogP contribution in [0.1, 0.15) is 43.4 Å². The van der Waals surface area contributed by atoms with Gasteiger partial charge in [-0.3, -0.25) is 48.3 Å². The largest absolute Gasteiger partial charge is 0.496 e. The van der Waals surface area contributed by atoms with Crippen LogP contribution in [0.5, 0.6) is 5.75 Å². The second-order valence-electron chi connectivity index (χ2n) is 35.6. The Morgan fingerprint density at radius 1 is 0.361 bits per heavy atom. The van der Waals surface area contributed by atoms with Crippen LogP contribution >= 0.6 is 0 Å². The van der Waals surface area contributed by atoms with E-state index >= 15 is 0 Å². The van der Waals surface area contributed by atoms with E-state index in [1.807, 2.05) is 151 Å². The topological polar surface area (TPSA) is 573 Å². The lowest BCUT2D eigenvalue weighted by Gasteiger charge is -2.11. The molecule has 23 rings (SSSR count). The molecule has 18 aromatic rings. The summed E-state index contributed by atoms with van der Waals surface area (Å²) < 4.78 is 88.5. The van der Waals surface area contributed by atoms with Crippen molar-refractivity contribution in [1.82, 2.24) is 99.4 Å². The normalized spacial score (nSPS) is 17.6. The Bertz CT molecular complexity index is 8080. The number of alkyl halides is 6.